The summed E-state index contributed by atoms with van der Waals surface area (Å²) in [5.74, 6) is 0.878. The van der Waals surface area contributed by atoms with E-state index in [2.05, 4.69) is 11.1 Å². The second kappa shape index (κ2) is 4.45. The van der Waals surface area contributed by atoms with Crippen LogP contribution in [0.4, 0.5) is 0 Å². The van der Waals surface area contributed by atoms with Crippen molar-refractivity contribution in [1.29, 1.82) is 0 Å². The molecule has 0 atom stereocenters. The van der Waals surface area contributed by atoms with Crippen molar-refractivity contribution in [2.75, 3.05) is 0 Å². The Morgan fingerprint density at radius 3 is 2.87 bits per heavy atom. The summed E-state index contributed by atoms with van der Waals surface area (Å²) in [4.78, 5) is 5.49. The minimum Gasteiger partial charge on any atom is -0.491 e. The maximum atomic E-state index is 5.62. The van der Waals surface area contributed by atoms with Gasteiger partial charge in [-0.1, -0.05) is 6.07 Å². The molecular formula is C12H13NOS. The van der Waals surface area contributed by atoms with Crippen molar-refractivity contribution >= 4 is 11.3 Å². The molecule has 0 fully saturated rings. The van der Waals surface area contributed by atoms with Crippen molar-refractivity contribution < 1.29 is 4.74 Å². The van der Waals surface area contributed by atoms with Crippen molar-refractivity contribution in [2.45, 2.75) is 20.0 Å². The van der Waals surface area contributed by atoms with Gasteiger partial charge in [0.2, 0.25) is 0 Å². The Labute approximate surface area is 93.6 Å². The van der Waals surface area contributed by atoms with Crippen LogP contribution in [0.3, 0.4) is 0 Å². The average molecular weight is 219 g/mol. The third-order valence-electron chi connectivity index (χ3n) is 1.88. The lowest BCUT2D eigenvalue weighted by Gasteiger charge is -2.09. The molecule has 3 heteroatoms. The van der Waals surface area contributed by atoms with Crippen molar-refractivity contribution in [3.63, 3.8) is 0 Å². The summed E-state index contributed by atoms with van der Waals surface area (Å²) in [5.41, 5.74) is 0.975. The number of nitrogens with zero attached hydrogens (tertiary/aromatic N) is 1. The van der Waals surface area contributed by atoms with Gasteiger partial charge >= 0.3 is 0 Å². The van der Waals surface area contributed by atoms with Crippen molar-refractivity contribution in [2.24, 2.45) is 0 Å². The van der Waals surface area contributed by atoms with Crippen LogP contribution in [0.2, 0.25) is 0 Å². The number of hydrogen-bond acceptors (Lipinski definition) is 3. The molecule has 0 bridgehead atoms. The average Bonchev–Trinajstić information content (AvgIpc) is 2.69. The lowest BCUT2D eigenvalue weighted by atomic mass is 10.3. The molecule has 78 valence electrons. The maximum Gasteiger partial charge on any atom is 0.123 e. The fraction of sp³-hybridized carbons (Fsp3) is 0.250. The monoisotopic (exact) mass is 219 g/mol. The summed E-state index contributed by atoms with van der Waals surface area (Å²) < 4.78 is 5.62. The van der Waals surface area contributed by atoms with Gasteiger partial charge in [0.25, 0.3) is 0 Å². The van der Waals surface area contributed by atoms with Crippen LogP contribution in [-0.4, -0.2) is 11.1 Å². The number of aromatic nitrogens is 1. The van der Waals surface area contributed by atoms with Crippen molar-refractivity contribution in [3.05, 3.63) is 35.8 Å². The lowest BCUT2D eigenvalue weighted by Crippen LogP contribution is -2.05. The van der Waals surface area contributed by atoms with E-state index in [-0.39, 0.29) is 6.10 Å². The molecule has 0 aromatic carbocycles. The maximum absolute atomic E-state index is 5.62. The SMILES string of the molecule is CC(C)Oc1ccnc(-c2cccs2)c1. The molecule has 2 aromatic heterocycles. The fourth-order valence-corrected chi connectivity index (χ4v) is 2.01. The van der Waals surface area contributed by atoms with Crippen LogP contribution in [-0.2, 0) is 0 Å². The molecule has 0 unspecified atom stereocenters. The van der Waals surface area contributed by atoms with Crippen molar-refractivity contribution in [3.8, 4) is 16.3 Å². The highest BCUT2D eigenvalue weighted by molar-refractivity contribution is 7.13. The van der Waals surface area contributed by atoms with E-state index in [1.54, 1.807) is 17.5 Å². The Bertz CT molecular complexity index is 423. The molecule has 0 radical (unpaired) electrons. The zero-order valence-electron chi connectivity index (χ0n) is 8.81. The molecule has 2 nitrogen and oxygen atoms in total. The third-order valence-corrected chi connectivity index (χ3v) is 2.77. The van der Waals surface area contributed by atoms with E-state index in [0.29, 0.717) is 0 Å². The molecule has 0 spiro atoms. The highest BCUT2D eigenvalue weighted by Gasteiger charge is 2.03. The number of thiophene rings is 1. The van der Waals surface area contributed by atoms with E-state index < -0.39 is 0 Å². The van der Waals surface area contributed by atoms with Gasteiger partial charge in [0.1, 0.15) is 5.75 Å². The zero-order chi connectivity index (χ0) is 10.7. The minimum atomic E-state index is 0.198. The normalized spacial score (nSPS) is 10.6. The van der Waals surface area contributed by atoms with Gasteiger partial charge in [-0.15, -0.1) is 11.3 Å². The topological polar surface area (TPSA) is 22.1 Å². The number of ether oxygens (including phenoxy) is 1. The Morgan fingerprint density at radius 2 is 2.20 bits per heavy atom. The molecule has 0 N–H and O–H groups in total. The van der Waals surface area contributed by atoms with Crippen LogP contribution in [0.25, 0.3) is 10.6 Å². The summed E-state index contributed by atoms with van der Waals surface area (Å²) in [6.07, 6.45) is 1.98. The van der Waals surface area contributed by atoms with E-state index in [1.165, 1.54) is 4.88 Å². The summed E-state index contributed by atoms with van der Waals surface area (Å²) in [7, 11) is 0. The molecule has 2 aromatic rings. The van der Waals surface area contributed by atoms with Crippen LogP contribution >= 0.6 is 11.3 Å². The molecule has 0 aliphatic carbocycles. The first-order valence-electron chi connectivity index (χ1n) is 4.92. The molecule has 2 rings (SSSR count). The van der Waals surface area contributed by atoms with E-state index in [1.807, 2.05) is 37.4 Å². The summed E-state index contributed by atoms with van der Waals surface area (Å²) in [5, 5.41) is 2.05. The van der Waals surface area contributed by atoms with Crippen LogP contribution in [0.15, 0.2) is 35.8 Å². The zero-order valence-corrected chi connectivity index (χ0v) is 9.62. The Balaban J connectivity index is 2.27. The van der Waals surface area contributed by atoms with E-state index >= 15 is 0 Å². The van der Waals surface area contributed by atoms with Crippen LogP contribution < -0.4 is 4.74 Å². The summed E-state index contributed by atoms with van der Waals surface area (Å²) >= 11 is 1.69. The first kappa shape index (κ1) is 10.2. The highest BCUT2D eigenvalue weighted by atomic mass is 32.1. The minimum absolute atomic E-state index is 0.198. The number of pyridine rings is 1. The highest BCUT2D eigenvalue weighted by Crippen LogP contribution is 2.25. The third kappa shape index (κ3) is 2.57. The molecule has 0 amide bonds. The van der Waals surface area contributed by atoms with Crippen LogP contribution in [0.5, 0.6) is 5.75 Å². The van der Waals surface area contributed by atoms with E-state index in [0.717, 1.165) is 11.4 Å². The second-order valence-corrected chi connectivity index (χ2v) is 4.47. The summed E-state index contributed by atoms with van der Waals surface area (Å²) in [6, 6.07) is 7.95. The molecule has 0 aliphatic heterocycles. The largest absolute Gasteiger partial charge is 0.491 e. The van der Waals surface area contributed by atoms with Gasteiger partial charge in [0.15, 0.2) is 0 Å². The van der Waals surface area contributed by atoms with Crippen LogP contribution in [0.1, 0.15) is 13.8 Å². The molecule has 0 saturated heterocycles. The lowest BCUT2D eigenvalue weighted by molar-refractivity contribution is 0.242. The van der Waals surface area contributed by atoms with Gasteiger partial charge in [-0.3, -0.25) is 4.98 Å². The van der Waals surface area contributed by atoms with Gasteiger partial charge in [0.05, 0.1) is 16.7 Å². The quantitative estimate of drug-likeness (QED) is 0.787. The standard InChI is InChI=1S/C12H13NOS/c1-9(2)14-10-5-6-13-11(8-10)12-4-3-7-15-12/h3-9H,1-2H3. The smallest absolute Gasteiger partial charge is 0.123 e. The van der Waals surface area contributed by atoms with Crippen LogP contribution in [0, 0.1) is 0 Å². The van der Waals surface area contributed by atoms with Gasteiger partial charge in [0, 0.05) is 12.3 Å². The summed E-state index contributed by atoms with van der Waals surface area (Å²) in [6.45, 7) is 4.04. The van der Waals surface area contributed by atoms with Gasteiger partial charge < -0.3 is 4.74 Å². The van der Waals surface area contributed by atoms with Gasteiger partial charge in [-0.25, -0.2) is 0 Å². The Morgan fingerprint density at radius 1 is 1.33 bits per heavy atom. The first-order valence-corrected chi connectivity index (χ1v) is 5.80. The predicted octanol–water partition coefficient (Wildman–Crippen LogP) is 3.60. The van der Waals surface area contributed by atoms with Crippen molar-refractivity contribution in [1.82, 2.24) is 4.98 Å². The van der Waals surface area contributed by atoms with Gasteiger partial charge in [-0.05, 0) is 31.4 Å². The predicted molar refractivity (Wildman–Crippen MR) is 63.3 cm³/mol. The molecular weight excluding hydrogens is 206 g/mol. The molecule has 0 saturated carbocycles. The number of rotatable bonds is 3. The molecule has 0 aliphatic rings. The first-order chi connectivity index (χ1) is 7.25. The molecule has 2 heterocycles. The Hall–Kier alpha value is -1.35. The van der Waals surface area contributed by atoms with E-state index in [9.17, 15) is 0 Å². The number of hydrogen-bond donors (Lipinski definition) is 0. The Kier molecular flexibility index (Phi) is 3.02. The van der Waals surface area contributed by atoms with Gasteiger partial charge in [-0.2, -0.15) is 0 Å². The van der Waals surface area contributed by atoms with E-state index in [4.69, 9.17) is 4.74 Å². The molecule has 15 heavy (non-hydrogen) atoms. The second-order valence-electron chi connectivity index (χ2n) is 3.52. The fourth-order valence-electron chi connectivity index (χ4n) is 1.32.